The van der Waals surface area contributed by atoms with Gasteiger partial charge in [0.25, 0.3) is 11.8 Å². The van der Waals surface area contributed by atoms with Gasteiger partial charge in [-0.3, -0.25) is 14.4 Å². The quantitative estimate of drug-likeness (QED) is 0.605. The first-order valence-electron chi connectivity index (χ1n) is 19.2. The summed E-state index contributed by atoms with van der Waals surface area (Å²) < 4.78 is 173. The fourth-order valence-electron chi connectivity index (χ4n) is 2.95. The third-order valence-corrected chi connectivity index (χ3v) is 4.47. The van der Waals surface area contributed by atoms with Crippen molar-refractivity contribution in [2.45, 2.75) is 25.5 Å². The van der Waals surface area contributed by atoms with Crippen LogP contribution in [-0.2, 0) is 11.2 Å². The van der Waals surface area contributed by atoms with Crippen LogP contribution in [0, 0.1) is 0 Å². The summed E-state index contributed by atoms with van der Waals surface area (Å²) in [5.41, 5.74) is -1.87. The van der Waals surface area contributed by atoms with Crippen LogP contribution in [0.2, 0.25) is 0 Å². The number of rotatable bonds is 5. The van der Waals surface area contributed by atoms with Gasteiger partial charge in [0.1, 0.15) is 11.4 Å². The molecule has 9 heteroatoms. The van der Waals surface area contributed by atoms with Gasteiger partial charge in [0.2, 0.25) is 5.91 Å². The largest absolute Gasteiger partial charge is 0.497 e. The van der Waals surface area contributed by atoms with Gasteiger partial charge in [-0.15, -0.1) is 0 Å². The molecule has 0 atom stereocenters. The topological polar surface area (TPSA) is 111 Å². The van der Waals surface area contributed by atoms with Crippen molar-refractivity contribution < 1.29 is 46.5 Å². The highest BCUT2D eigenvalue weighted by Gasteiger charge is 2.34. The molecule has 2 N–H and O–H groups in total. The Labute approximate surface area is 224 Å². The van der Waals surface area contributed by atoms with Crippen molar-refractivity contribution in [1.82, 2.24) is 9.78 Å². The van der Waals surface area contributed by atoms with Crippen LogP contribution in [0.25, 0.3) is 5.69 Å². The predicted molar refractivity (Wildman–Crippen MR) is 127 cm³/mol. The van der Waals surface area contributed by atoms with Crippen LogP contribution in [0.15, 0.2) is 48.3 Å². The van der Waals surface area contributed by atoms with E-state index in [0.29, 0.717) is 0 Å². The smallest absolute Gasteiger partial charge is 0.277 e. The van der Waals surface area contributed by atoms with Gasteiger partial charge in [-0.25, -0.2) is 4.68 Å². The van der Waals surface area contributed by atoms with Crippen LogP contribution in [0.1, 0.15) is 73.1 Å². The van der Waals surface area contributed by atoms with Gasteiger partial charge in [-0.2, -0.15) is 5.10 Å². The zero-order valence-corrected chi connectivity index (χ0v) is 17.0. The SMILES string of the molecule is [2H]c1c([2H])c(-n2nc(C(N)=O)c3c2C(=O)N(c2c([2H])c([2H])c(N4C(=O)C([2H])([2H])C([2H])([2H])C([2H])([2H])C4([2H])[2H])c([2H])c2[2H])C([2H])([2H])C3([2H])[2H])c([2H])c([2H])c1OC. The molecule has 0 aliphatic carbocycles. The van der Waals surface area contributed by atoms with Gasteiger partial charge in [0, 0.05) is 50.0 Å². The minimum absolute atomic E-state index is 0.252. The Balaban J connectivity index is 1.87. The van der Waals surface area contributed by atoms with E-state index in [9.17, 15) is 14.4 Å². The van der Waals surface area contributed by atoms with Crippen LogP contribution >= 0.6 is 0 Å². The number of carbonyl (C=O) groups is 3. The van der Waals surface area contributed by atoms with E-state index in [1.54, 1.807) is 0 Å². The van der Waals surface area contributed by atoms with Crippen molar-refractivity contribution in [1.29, 1.82) is 0 Å². The number of hydrogen-bond acceptors (Lipinski definition) is 5. The number of nitrogens with zero attached hydrogens (tertiary/aromatic N) is 4. The summed E-state index contributed by atoms with van der Waals surface area (Å²) in [6.45, 7) is -7.77. The van der Waals surface area contributed by atoms with Crippen molar-refractivity contribution >= 4 is 29.1 Å². The molecule has 1 saturated heterocycles. The molecule has 0 spiro atoms. The van der Waals surface area contributed by atoms with Crippen molar-refractivity contribution in [3.05, 3.63) is 65.3 Å². The van der Waals surface area contributed by atoms with Crippen molar-refractivity contribution in [2.24, 2.45) is 5.73 Å². The van der Waals surface area contributed by atoms with E-state index in [4.69, 9.17) is 37.9 Å². The number of fused-ring (bicyclic) bond motifs is 1. The van der Waals surface area contributed by atoms with Gasteiger partial charge in [0.05, 0.1) is 26.5 Å². The van der Waals surface area contributed by atoms with Crippen LogP contribution in [0.5, 0.6) is 5.75 Å². The number of aromatic nitrogens is 2. The summed E-state index contributed by atoms with van der Waals surface area (Å²) >= 11 is 0. The normalized spacial score (nSPS) is 33.3. The fourth-order valence-corrected chi connectivity index (χ4v) is 2.95. The molecule has 5 rings (SSSR count). The average molecular weight is 480 g/mol. The number of methoxy groups -OCH3 is 1. The van der Waals surface area contributed by atoms with Crippen molar-refractivity contribution in [3.8, 4) is 11.4 Å². The first-order chi connectivity index (χ1) is 24.3. The Morgan fingerprint density at radius 1 is 0.971 bits per heavy atom. The zero-order chi connectivity index (χ0) is 41.5. The summed E-state index contributed by atoms with van der Waals surface area (Å²) in [7, 11) is 1.02. The monoisotopic (exact) mass is 479 g/mol. The summed E-state index contributed by atoms with van der Waals surface area (Å²) in [5.74, 6) is -6.14. The zero-order valence-electron chi connectivity index (χ0n) is 37.0. The van der Waals surface area contributed by atoms with Crippen LogP contribution in [0.3, 0.4) is 0 Å². The summed E-state index contributed by atoms with van der Waals surface area (Å²) in [4.78, 5) is 39.7. The minimum Gasteiger partial charge on any atom is -0.497 e. The number of nitrogens with two attached hydrogens (primary N) is 1. The Bertz CT molecular complexity index is 2160. The first-order valence-corrected chi connectivity index (χ1v) is 9.23. The Hall–Kier alpha value is -4.14. The Morgan fingerprint density at radius 3 is 2.26 bits per heavy atom. The molecule has 3 aromatic rings. The second-order valence-corrected chi connectivity index (χ2v) is 6.43. The molecule has 34 heavy (non-hydrogen) atoms. The molecular weight excluding hydrogens is 434 g/mol. The molecule has 2 aromatic carbocycles. The molecular formula is C25H25N5O4. The summed E-state index contributed by atoms with van der Waals surface area (Å²) in [6, 6.07) is -9.74. The van der Waals surface area contributed by atoms with E-state index in [0.717, 1.165) is 7.11 Å². The number of carbonyl (C=O) groups excluding carboxylic acids is 3. The molecule has 3 heterocycles. The molecule has 2 aliphatic heterocycles. The van der Waals surface area contributed by atoms with Crippen molar-refractivity contribution in [3.63, 3.8) is 0 Å². The lowest BCUT2D eigenvalue weighted by Gasteiger charge is -2.29. The molecule has 2 aliphatic rings. The van der Waals surface area contributed by atoms with Crippen LogP contribution < -0.4 is 20.3 Å². The highest BCUT2D eigenvalue weighted by molar-refractivity contribution is 6.09. The lowest BCUT2D eigenvalue weighted by atomic mass is 10.0. The van der Waals surface area contributed by atoms with Gasteiger partial charge >= 0.3 is 0 Å². The van der Waals surface area contributed by atoms with E-state index < -0.39 is 149 Å². The molecule has 1 aromatic heterocycles. The average Bonchev–Trinajstić information content (AvgIpc) is 3.47. The maximum Gasteiger partial charge on any atom is 0.277 e. The molecule has 0 bridgehead atoms. The highest BCUT2D eigenvalue weighted by atomic mass is 16.5. The number of benzene rings is 2. The van der Waals surface area contributed by atoms with Crippen LogP contribution in [0.4, 0.5) is 11.4 Å². The van der Waals surface area contributed by atoms with Gasteiger partial charge in [0.15, 0.2) is 5.69 Å². The number of amides is 3. The molecule has 0 saturated carbocycles. The number of ether oxygens (including phenoxy) is 1. The van der Waals surface area contributed by atoms with E-state index in [1.807, 2.05) is 0 Å². The predicted octanol–water partition coefficient (Wildman–Crippen LogP) is 2.70. The van der Waals surface area contributed by atoms with E-state index in [-0.39, 0.29) is 9.58 Å². The second-order valence-electron chi connectivity index (χ2n) is 6.43. The molecule has 1 fully saturated rings. The van der Waals surface area contributed by atoms with E-state index >= 15 is 0 Å². The number of anilines is 2. The second kappa shape index (κ2) is 8.66. The third-order valence-electron chi connectivity index (χ3n) is 4.47. The number of piperidine rings is 1. The number of primary amides is 1. The maximum absolute atomic E-state index is 14.5. The van der Waals surface area contributed by atoms with E-state index in [2.05, 4.69) is 5.10 Å². The fraction of sp³-hybridized carbons (Fsp3) is 0.280. The molecule has 0 radical (unpaired) electrons. The highest BCUT2D eigenvalue weighted by Crippen LogP contribution is 2.31. The summed E-state index contributed by atoms with van der Waals surface area (Å²) in [6.07, 6.45) is -15.4. The third kappa shape index (κ3) is 3.68. The standard InChI is InChI=1S/C25H25N5O4/c1-34-19-11-9-18(10-12-19)30-23-20(22(27-30)24(26)32)13-15-29(25(23)33)17-7-5-16(6-8-17)28-14-3-2-4-21(28)31/h5-12H,2-4,13-15H2,1H3,(H2,26,32)/i2D2,3D2,4D2,5D,6D,7D,8D,9D,10D,11D,12D,13D2,14D2,15D2. The number of hydrogen-bond donors (Lipinski definition) is 1. The van der Waals surface area contributed by atoms with Gasteiger partial charge in [-0.1, -0.05) is 0 Å². The summed E-state index contributed by atoms with van der Waals surface area (Å²) in [5, 5.41) is 3.76. The molecule has 174 valence electrons. The Kier molecular flexibility index (Phi) is 2.18. The maximum atomic E-state index is 14.5. The van der Waals surface area contributed by atoms with E-state index in [1.165, 1.54) is 0 Å². The van der Waals surface area contributed by atoms with Gasteiger partial charge < -0.3 is 20.3 Å². The lowest BCUT2D eigenvalue weighted by Crippen LogP contribution is -2.39. The Morgan fingerprint density at radius 2 is 1.62 bits per heavy atom. The molecule has 0 unspecified atom stereocenters. The first kappa shape index (κ1) is 8.57. The molecule has 3 amide bonds. The van der Waals surface area contributed by atoms with Crippen molar-refractivity contribution in [2.75, 3.05) is 29.9 Å². The van der Waals surface area contributed by atoms with Crippen LogP contribution in [-0.4, -0.2) is 47.6 Å². The van der Waals surface area contributed by atoms with Gasteiger partial charge in [-0.05, 0) is 67.5 Å². The molecule has 9 nitrogen and oxygen atoms in total. The lowest BCUT2D eigenvalue weighted by molar-refractivity contribution is -0.119. The minimum atomic E-state index is -3.94.